The molecular weight excluding hydrogens is 258 g/mol. The average molecular weight is 277 g/mol. The van der Waals surface area contributed by atoms with E-state index < -0.39 is 11.4 Å². The Balaban J connectivity index is 2.94. The summed E-state index contributed by atoms with van der Waals surface area (Å²) in [5.74, 6) is -0.376. The molecule has 0 saturated carbocycles. The normalized spacial score (nSPS) is 11.3. The van der Waals surface area contributed by atoms with Crippen molar-refractivity contribution in [3.8, 4) is 0 Å². The number of carboxylic acids is 1. The van der Waals surface area contributed by atoms with Crippen LogP contribution in [0, 0.1) is 5.41 Å². The van der Waals surface area contributed by atoms with Gasteiger partial charge in [-0.3, -0.25) is 0 Å². The second kappa shape index (κ2) is 6.70. The van der Waals surface area contributed by atoms with Crippen LogP contribution in [0.4, 0.5) is 11.5 Å². The Morgan fingerprint density at radius 3 is 2.75 bits per heavy atom. The third kappa shape index (κ3) is 4.72. The van der Waals surface area contributed by atoms with E-state index in [-0.39, 0.29) is 0 Å². The lowest BCUT2D eigenvalue weighted by Gasteiger charge is -2.19. The Morgan fingerprint density at radius 2 is 2.20 bits per heavy atom. The van der Waals surface area contributed by atoms with E-state index in [1.54, 1.807) is 19.3 Å². The van der Waals surface area contributed by atoms with Gasteiger partial charge in [-0.15, -0.1) is 0 Å². The Kier molecular flexibility index (Phi) is 5.25. The van der Waals surface area contributed by atoms with Gasteiger partial charge >= 0.3 is 5.97 Å². The molecule has 0 radical (unpaired) electrons. The molecule has 3 N–H and O–H groups in total. The fraction of sp³-hybridized carbons (Fsp3) is 0.357. The lowest BCUT2D eigenvalue weighted by Crippen LogP contribution is -2.24. The van der Waals surface area contributed by atoms with Crippen molar-refractivity contribution in [2.24, 2.45) is 5.41 Å². The van der Waals surface area contributed by atoms with Crippen molar-refractivity contribution in [3.63, 3.8) is 0 Å². The second-order valence-corrected chi connectivity index (χ2v) is 5.05. The number of aromatic nitrogens is 1. The van der Waals surface area contributed by atoms with E-state index in [2.05, 4.69) is 15.6 Å². The van der Waals surface area contributed by atoms with E-state index >= 15 is 0 Å². The zero-order valence-corrected chi connectivity index (χ0v) is 11.8. The fourth-order valence-electron chi connectivity index (χ4n) is 1.44. The number of aldehydes is 1. The second-order valence-electron chi connectivity index (χ2n) is 5.05. The predicted octanol–water partition coefficient (Wildman–Crippen LogP) is 1.86. The van der Waals surface area contributed by atoms with Gasteiger partial charge in [0, 0.05) is 31.3 Å². The first-order valence-corrected chi connectivity index (χ1v) is 6.17. The van der Waals surface area contributed by atoms with E-state index in [0.29, 0.717) is 17.9 Å². The molecule has 0 amide bonds. The number of pyridine rings is 1. The van der Waals surface area contributed by atoms with Gasteiger partial charge in [0.1, 0.15) is 12.1 Å². The highest BCUT2D eigenvalue weighted by atomic mass is 16.4. The summed E-state index contributed by atoms with van der Waals surface area (Å²) in [6, 6.07) is 1.78. The number of carbonyl (C=O) groups excluding carboxylic acids is 1. The number of rotatable bonds is 7. The van der Waals surface area contributed by atoms with Crippen LogP contribution in [0.25, 0.3) is 6.08 Å². The fourth-order valence-corrected chi connectivity index (χ4v) is 1.44. The maximum Gasteiger partial charge on any atom is 0.328 e. The Hall–Kier alpha value is -2.37. The smallest absolute Gasteiger partial charge is 0.328 e. The molecule has 0 unspecified atom stereocenters. The summed E-state index contributed by atoms with van der Waals surface area (Å²) in [6.07, 6.45) is 4.97. The van der Waals surface area contributed by atoms with Gasteiger partial charge < -0.3 is 20.5 Å². The van der Waals surface area contributed by atoms with Crippen molar-refractivity contribution in [2.45, 2.75) is 13.8 Å². The largest absolute Gasteiger partial charge is 0.478 e. The van der Waals surface area contributed by atoms with Gasteiger partial charge in [0.2, 0.25) is 0 Å². The molecule has 108 valence electrons. The summed E-state index contributed by atoms with van der Waals surface area (Å²) in [6.45, 7) is 4.11. The summed E-state index contributed by atoms with van der Waals surface area (Å²) < 4.78 is 0. The standard InChI is InChI=1S/C14H19N3O3/c1-14(2,9-18)8-17-11-6-10(4-5-12(19)20)7-16-13(11)15-3/h4-7,9,17H,8H2,1-3H3,(H,15,16)(H,19,20)/b5-4+. The molecule has 0 saturated heterocycles. The van der Waals surface area contributed by atoms with Crippen molar-refractivity contribution >= 4 is 29.8 Å². The van der Waals surface area contributed by atoms with Crippen LogP contribution in [0.15, 0.2) is 18.3 Å². The molecular formula is C14H19N3O3. The van der Waals surface area contributed by atoms with E-state index in [1.165, 1.54) is 6.08 Å². The van der Waals surface area contributed by atoms with E-state index in [1.807, 2.05) is 13.8 Å². The molecule has 0 fully saturated rings. The first-order chi connectivity index (χ1) is 9.38. The zero-order valence-electron chi connectivity index (χ0n) is 11.8. The number of hydrogen-bond acceptors (Lipinski definition) is 5. The molecule has 0 bridgehead atoms. The first kappa shape index (κ1) is 15.7. The third-order valence-electron chi connectivity index (χ3n) is 2.62. The van der Waals surface area contributed by atoms with Crippen LogP contribution in [-0.2, 0) is 9.59 Å². The van der Waals surface area contributed by atoms with E-state index in [9.17, 15) is 9.59 Å². The number of hydrogen-bond donors (Lipinski definition) is 3. The molecule has 1 heterocycles. The minimum atomic E-state index is -1.01. The highest BCUT2D eigenvalue weighted by molar-refractivity contribution is 5.85. The maximum atomic E-state index is 10.9. The predicted molar refractivity (Wildman–Crippen MR) is 78.8 cm³/mol. The van der Waals surface area contributed by atoms with Gasteiger partial charge in [0.05, 0.1) is 5.69 Å². The molecule has 1 aromatic rings. The molecule has 20 heavy (non-hydrogen) atoms. The van der Waals surface area contributed by atoms with Crippen molar-refractivity contribution < 1.29 is 14.7 Å². The van der Waals surface area contributed by atoms with Crippen LogP contribution in [0.3, 0.4) is 0 Å². The molecule has 0 spiro atoms. The molecule has 0 atom stereocenters. The highest BCUT2D eigenvalue weighted by Gasteiger charge is 2.16. The average Bonchev–Trinajstić information content (AvgIpc) is 2.43. The zero-order chi connectivity index (χ0) is 15.2. The number of nitrogens with zero attached hydrogens (tertiary/aromatic N) is 1. The molecule has 0 aliphatic heterocycles. The lowest BCUT2D eigenvalue weighted by atomic mass is 9.96. The number of nitrogens with one attached hydrogen (secondary N) is 2. The first-order valence-electron chi connectivity index (χ1n) is 6.17. The van der Waals surface area contributed by atoms with Crippen LogP contribution >= 0.6 is 0 Å². The summed E-state index contributed by atoms with van der Waals surface area (Å²) in [5, 5.41) is 14.7. The topological polar surface area (TPSA) is 91.3 Å². The summed E-state index contributed by atoms with van der Waals surface area (Å²) in [5.41, 5.74) is 0.894. The molecule has 6 heteroatoms. The van der Waals surface area contributed by atoms with Crippen LogP contribution in [-0.4, -0.2) is 35.9 Å². The van der Waals surface area contributed by atoms with Gasteiger partial charge in [-0.25, -0.2) is 9.78 Å². The van der Waals surface area contributed by atoms with Crippen LogP contribution < -0.4 is 10.6 Å². The summed E-state index contributed by atoms with van der Waals surface area (Å²) in [7, 11) is 1.74. The van der Waals surface area contributed by atoms with Gasteiger partial charge in [0.15, 0.2) is 0 Å². The van der Waals surface area contributed by atoms with E-state index in [0.717, 1.165) is 18.0 Å². The Morgan fingerprint density at radius 1 is 1.50 bits per heavy atom. The number of carbonyl (C=O) groups is 2. The van der Waals surface area contributed by atoms with Crippen LogP contribution in [0.2, 0.25) is 0 Å². The molecule has 1 aromatic heterocycles. The summed E-state index contributed by atoms with van der Waals surface area (Å²) >= 11 is 0. The van der Waals surface area contributed by atoms with Crippen LogP contribution in [0.1, 0.15) is 19.4 Å². The highest BCUT2D eigenvalue weighted by Crippen LogP contribution is 2.22. The molecule has 0 aliphatic carbocycles. The monoisotopic (exact) mass is 277 g/mol. The number of aliphatic carboxylic acids is 1. The van der Waals surface area contributed by atoms with Crippen molar-refractivity contribution in [3.05, 3.63) is 23.9 Å². The number of anilines is 2. The van der Waals surface area contributed by atoms with Crippen molar-refractivity contribution in [1.82, 2.24) is 4.98 Å². The Bertz CT molecular complexity index is 524. The minimum absolute atomic E-state index is 0.457. The quantitative estimate of drug-likeness (QED) is 0.520. The number of carboxylic acid groups (broad SMARTS) is 1. The van der Waals surface area contributed by atoms with Gasteiger partial charge in [-0.2, -0.15) is 0 Å². The van der Waals surface area contributed by atoms with E-state index in [4.69, 9.17) is 5.11 Å². The molecule has 0 aliphatic rings. The van der Waals surface area contributed by atoms with Crippen LogP contribution in [0.5, 0.6) is 0 Å². The van der Waals surface area contributed by atoms with Gasteiger partial charge in [0.25, 0.3) is 0 Å². The van der Waals surface area contributed by atoms with Crippen molar-refractivity contribution in [1.29, 1.82) is 0 Å². The van der Waals surface area contributed by atoms with Crippen molar-refractivity contribution in [2.75, 3.05) is 24.2 Å². The molecule has 0 aromatic carbocycles. The Labute approximate surface area is 117 Å². The van der Waals surface area contributed by atoms with Gasteiger partial charge in [-0.1, -0.05) is 13.8 Å². The van der Waals surface area contributed by atoms with Gasteiger partial charge in [-0.05, 0) is 17.7 Å². The SMILES string of the molecule is CNc1ncc(/C=C/C(=O)O)cc1NCC(C)(C)C=O. The third-order valence-corrected chi connectivity index (χ3v) is 2.62. The molecule has 6 nitrogen and oxygen atoms in total. The lowest BCUT2D eigenvalue weighted by molar-refractivity contribution is -0.131. The minimum Gasteiger partial charge on any atom is -0.478 e. The molecule has 1 rings (SSSR count). The summed E-state index contributed by atoms with van der Waals surface area (Å²) in [4.78, 5) is 25.6. The maximum absolute atomic E-state index is 10.9.